The fourth-order valence-electron chi connectivity index (χ4n) is 2.84. The van der Waals surface area contributed by atoms with Gasteiger partial charge in [-0.25, -0.2) is 0 Å². The van der Waals surface area contributed by atoms with E-state index in [4.69, 9.17) is 4.99 Å². The summed E-state index contributed by atoms with van der Waals surface area (Å²) in [7, 11) is 0. The van der Waals surface area contributed by atoms with E-state index in [0.717, 1.165) is 51.1 Å². The van der Waals surface area contributed by atoms with Gasteiger partial charge in [-0.1, -0.05) is 13.8 Å². The van der Waals surface area contributed by atoms with E-state index in [1.54, 1.807) is 0 Å². The van der Waals surface area contributed by atoms with Crippen LogP contribution in [-0.2, 0) is 0 Å². The van der Waals surface area contributed by atoms with Gasteiger partial charge in [-0.2, -0.15) is 11.8 Å². The predicted molar refractivity (Wildman–Crippen MR) is 96.4 cm³/mol. The molecule has 0 aromatic carbocycles. The highest BCUT2D eigenvalue weighted by atomic mass is 32.2. The minimum atomic E-state index is 0.792. The zero-order chi connectivity index (χ0) is 15.5. The van der Waals surface area contributed by atoms with Gasteiger partial charge < -0.3 is 15.1 Å². The van der Waals surface area contributed by atoms with Crippen LogP contribution in [0.5, 0.6) is 0 Å². The molecule has 0 saturated carbocycles. The van der Waals surface area contributed by atoms with E-state index >= 15 is 0 Å². The second kappa shape index (κ2) is 11.2. The van der Waals surface area contributed by atoms with E-state index in [1.165, 1.54) is 25.1 Å². The molecule has 124 valence electrons. The van der Waals surface area contributed by atoms with Crippen LogP contribution in [0.15, 0.2) is 4.99 Å². The summed E-state index contributed by atoms with van der Waals surface area (Å²) in [6.07, 6.45) is 4.63. The zero-order valence-corrected chi connectivity index (χ0v) is 15.2. The average molecular weight is 315 g/mol. The van der Waals surface area contributed by atoms with E-state index in [0.29, 0.717) is 0 Å². The fourth-order valence-corrected chi connectivity index (χ4v) is 3.26. The Morgan fingerprint density at radius 2 is 2.10 bits per heavy atom. The van der Waals surface area contributed by atoms with Crippen molar-refractivity contribution < 1.29 is 0 Å². The van der Waals surface area contributed by atoms with Crippen molar-refractivity contribution >= 4 is 17.7 Å². The lowest BCUT2D eigenvalue weighted by Crippen LogP contribution is -2.41. The van der Waals surface area contributed by atoms with E-state index in [1.807, 2.05) is 11.8 Å². The first-order valence-electron chi connectivity index (χ1n) is 8.49. The molecule has 5 heteroatoms. The third kappa shape index (κ3) is 6.92. The van der Waals surface area contributed by atoms with Crippen molar-refractivity contribution in [3.05, 3.63) is 0 Å². The Balaban J connectivity index is 2.45. The number of nitrogens with one attached hydrogen (secondary N) is 1. The standard InChI is InChI=1S/C16H34N4S/c1-5-17-16(18-10-8-12-21-4)20-11-9-15(14-20)13-19(6-2)7-3/h15H,5-14H2,1-4H3,(H,17,18). The molecule has 0 amide bonds. The van der Waals surface area contributed by atoms with E-state index in [-0.39, 0.29) is 0 Å². The number of likely N-dealkylation sites (tertiary alicyclic amines) is 1. The van der Waals surface area contributed by atoms with Crippen molar-refractivity contribution in [3.63, 3.8) is 0 Å². The Hall–Kier alpha value is -0.420. The average Bonchev–Trinajstić information content (AvgIpc) is 2.96. The normalized spacial score (nSPS) is 19.6. The molecular formula is C16H34N4S. The summed E-state index contributed by atoms with van der Waals surface area (Å²) < 4.78 is 0. The van der Waals surface area contributed by atoms with Crippen LogP contribution in [-0.4, -0.2) is 73.6 Å². The number of thioether (sulfide) groups is 1. The first-order valence-corrected chi connectivity index (χ1v) is 9.88. The maximum absolute atomic E-state index is 4.79. The van der Waals surface area contributed by atoms with Crippen molar-refractivity contribution in [2.75, 3.05) is 57.8 Å². The molecule has 1 rings (SSSR count). The van der Waals surface area contributed by atoms with E-state index < -0.39 is 0 Å². The smallest absolute Gasteiger partial charge is 0.193 e. The lowest BCUT2D eigenvalue weighted by atomic mass is 10.1. The summed E-state index contributed by atoms with van der Waals surface area (Å²) in [5.74, 6) is 3.12. The lowest BCUT2D eigenvalue weighted by molar-refractivity contribution is 0.255. The summed E-state index contributed by atoms with van der Waals surface area (Å²) in [6.45, 7) is 14.4. The largest absolute Gasteiger partial charge is 0.357 e. The van der Waals surface area contributed by atoms with Crippen LogP contribution in [0.4, 0.5) is 0 Å². The highest BCUT2D eigenvalue weighted by molar-refractivity contribution is 7.98. The summed E-state index contributed by atoms with van der Waals surface area (Å²) in [5.41, 5.74) is 0. The summed E-state index contributed by atoms with van der Waals surface area (Å²) in [4.78, 5) is 9.78. The number of hydrogen-bond donors (Lipinski definition) is 1. The molecule has 1 fully saturated rings. The topological polar surface area (TPSA) is 30.9 Å². The molecule has 1 saturated heterocycles. The molecule has 1 aliphatic rings. The minimum absolute atomic E-state index is 0.792. The second-order valence-corrected chi connectivity index (χ2v) is 6.65. The number of aliphatic imine (C=N–C) groups is 1. The monoisotopic (exact) mass is 314 g/mol. The molecule has 0 aromatic heterocycles. The van der Waals surface area contributed by atoms with Crippen molar-refractivity contribution in [1.82, 2.24) is 15.1 Å². The van der Waals surface area contributed by atoms with Gasteiger partial charge in [0.1, 0.15) is 0 Å². The van der Waals surface area contributed by atoms with Gasteiger partial charge in [0.2, 0.25) is 0 Å². The van der Waals surface area contributed by atoms with E-state index in [2.05, 4.69) is 42.1 Å². The third-order valence-corrected chi connectivity index (χ3v) is 4.80. The molecule has 0 aliphatic carbocycles. The number of nitrogens with zero attached hydrogens (tertiary/aromatic N) is 3. The molecule has 1 heterocycles. The SMILES string of the molecule is CCNC(=NCCCSC)N1CCC(CN(CC)CC)C1. The summed E-state index contributed by atoms with van der Waals surface area (Å²) >= 11 is 1.90. The van der Waals surface area contributed by atoms with Crippen LogP contribution in [0.1, 0.15) is 33.6 Å². The Bertz CT molecular complexity index is 292. The number of guanidine groups is 1. The molecule has 0 spiro atoms. The Morgan fingerprint density at radius 1 is 1.33 bits per heavy atom. The third-order valence-electron chi connectivity index (χ3n) is 4.10. The minimum Gasteiger partial charge on any atom is -0.357 e. The Labute approximate surface area is 135 Å². The maximum Gasteiger partial charge on any atom is 0.193 e. The molecule has 1 unspecified atom stereocenters. The van der Waals surface area contributed by atoms with Gasteiger partial charge in [0.25, 0.3) is 0 Å². The zero-order valence-electron chi connectivity index (χ0n) is 14.4. The molecule has 0 radical (unpaired) electrons. The Morgan fingerprint density at radius 3 is 2.71 bits per heavy atom. The van der Waals surface area contributed by atoms with Gasteiger partial charge in [-0.3, -0.25) is 4.99 Å². The van der Waals surface area contributed by atoms with Crippen molar-refractivity contribution in [1.29, 1.82) is 0 Å². The van der Waals surface area contributed by atoms with Gasteiger partial charge in [0.15, 0.2) is 5.96 Å². The number of hydrogen-bond acceptors (Lipinski definition) is 3. The van der Waals surface area contributed by atoms with Crippen LogP contribution in [0.2, 0.25) is 0 Å². The van der Waals surface area contributed by atoms with Gasteiger partial charge in [0.05, 0.1) is 0 Å². The first-order chi connectivity index (χ1) is 10.2. The van der Waals surface area contributed by atoms with Gasteiger partial charge in [-0.05, 0) is 50.8 Å². The van der Waals surface area contributed by atoms with Gasteiger partial charge >= 0.3 is 0 Å². The molecule has 1 aliphatic heterocycles. The van der Waals surface area contributed by atoms with Gasteiger partial charge in [0, 0.05) is 32.7 Å². The number of rotatable bonds is 9. The molecule has 1 N–H and O–H groups in total. The molecule has 0 aromatic rings. The quantitative estimate of drug-likeness (QED) is 0.402. The van der Waals surface area contributed by atoms with Crippen LogP contribution >= 0.6 is 11.8 Å². The van der Waals surface area contributed by atoms with Crippen molar-refractivity contribution in [2.24, 2.45) is 10.9 Å². The highest BCUT2D eigenvalue weighted by Gasteiger charge is 2.25. The molecule has 4 nitrogen and oxygen atoms in total. The molecule has 1 atom stereocenters. The highest BCUT2D eigenvalue weighted by Crippen LogP contribution is 2.17. The van der Waals surface area contributed by atoms with Gasteiger partial charge in [-0.15, -0.1) is 0 Å². The predicted octanol–water partition coefficient (Wildman–Crippen LogP) is 2.37. The fraction of sp³-hybridized carbons (Fsp3) is 0.938. The molecule has 21 heavy (non-hydrogen) atoms. The van der Waals surface area contributed by atoms with Crippen LogP contribution in [0.3, 0.4) is 0 Å². The van der Waals surface area contributed by atoms with Crippen LogP contribution in [0, 0.1) is 5.92 Å². The lowest BCUT2D eigenvalue weighted by Gasteiger charge is -2.24. The van der Waals surface area contributed by atoms with Crippen molar-refractivity contribution in [2.45, 2.75) is 33.6 Å². The van der Waals surface area contributed by atoms with Crippen LogP contribution < -0.4 is 5.32 Å². The summed E-state index contributed by atoms with van der Waals surface area (Å²) in [5, 5.41) is 3.46. The van der Waals surface area contributed by atoms with E-state index in [9.17, 15) is 0 Å². The summed E-state index contributed by atoms with van der Waals surface area (Å²) in [6, 6.07) is 0. The van der Waals surface area contributed by atoms with Crippen molar-refractivity contribution in [3.8, 4) is 0 Å². The second-order valence-electron chi connectivity index (χ2n) is 5.67. The molecular weight excluding hydrogens is 280 g/mol. The van der Waals surface area contributed by atoms with Crippen LogP contribution in [0.25, 0.3) is 0 Å². The first kappa shape index (κ1) is 18.6. The molecule has 0 bridgehead atoms. The maximum atomic E-state index is 4.79. The Kier molecular flexibility index (Phi) is 9.92.